The average molecular weight is 322 g/mol. The number of nitrogens with zero attached hydrogens (tertiary/aromatic N) is 1. The third-order valence-corrected chi connectivity index (χ3v) is 5.23. The second kappa shape index (κ2) is 6.74. The van der Waals surface area contributed by atoms with Crippen LogP contribution in [0.5, 0.6) is 0 Å². The van der Waals surface area contributed by atoms with Crippen LogP contribution in [0.25, 0.3) is 0 Å². The summed E-state index contributed by atoms with van der Waals surface area (Å²) in [4.78, 5) is 12.0. The van der Waals surface area contributed by atoms with E-state index in [0.717, 1.165) is 5.56 Å². The monoisotopic (exact) mass is 322 g/mol. The van der Waals surface area contributed by atoms with Gasteiger partial charge in [0, 0.05) is 12.6 Å². The molecule has 2 aromatic rings. The zero-order chi connectivity index (χ0) is 16.2. The molecule has 1 N–H and O–H groups in total. The van der Waals surface area contributed by atoms with Crippen molar-refractivity contribution in [2.24, 2.45) is 0 Å². The standard InChI is InChI=1S/C15H18N2O4S/c1-11-8-14(17-21-11)10-22(19,20)12(2)15(18)16-9-13-6-4-3-5-7-13/h3-8,12H,9-10H2,1-2H3,(H,16,18)/t12-/m1/s1. The zero-order valence-corrected chi connectivity index (χ0v) is 13.3. The highest BCUT2D eigenvalue weighted by Crippen LogP contribution is 2.12. The second-order valence-corrected chi connectivity index (χ2v) is 7.40. The molecule has 0 aliphatic carbocycles. The van der Waals surface area contributed by atoms with E-state index in [1.54, 1.807) is 13.0 Å². The highest BCUT2D eigenvalue weighted by molar-refractivity contribution is 7.92. The molecule has 0 aliphatic rings. The lowest BCUT2D eigenvalue weighted by Gasteiger charge is -2.12. The van der Waals surface area contributed by atoms with Crippen molar-refractivity contribution >= 4 is 15.7 Å². The summed E-state index contributed by atoms with van der Waals surface area (Å²) in [5.41, 5.74) is 1.22. The Labute approximate surface area is 129 Å². The van der Waals surface area contributed by atoms with Gasteiger partial charge in [-0.05, 0) is 19.4 Å². The Morgan fingerprint density at radius 3 is 2.59 bits per heavy atom. The quantitative estimate of drug-likeness (QED) is 0.872. The molecule has 0 saturated carbocycles. The maximum absolute atomic E-state index is 12.2. The van der Waals surface area contributed by atoms with E-state index in [4.69, 9.17) is 4.52 Å². The molecular formula is C15H18N2O4S. The molecule has 0 spiro atoms. The summed E-state index contributed by atoms with van der Waals surface area (Å²) in [7, 11) is -3.64. The lowest BCUT2D eigenvalue weighted by molar-refractivity contribution is -0.120. The van der Waals surface area contributed by atoms with Crippen LogP contribution in [0, 0.1) is 6.92 Å². The molecule has 0 radical (unpaired) electrons. The van der Waals surface area contributed by atoms with E-state index in [1.807, 2.05) is 30.3 Å². The highest BCUT2D eigenvalue weighted by atomic mass is 32.2. The van der Waals surface area contributed by atoms with E-state index in [0.29, 0.717) is 18.0 Å². The second-order valence-electron chi connectivity index (χ2n) is 5.08. The Morgan fingerprint density at radius 1 is 1.32 bits per heavy atom. The third kappa shape index (κ3) is 4.17. The molecule has 0 aliphatic heterocycles. The van der Waals surface area contributed by atoms with Gasteiger partial charge >= 0.3 is 0 Å². The van der Waals surface area contributed by atoms with Gasteiger partial charge in [0.2, 0.25) is 5.91 Å². The number of aryl methyl sites for hydroxylation is 1. The summed E-state index contributed by atoms with van der Waals surface area (Å²) in [6.45, 7) is 3.35. The first kappa shape index (κ1) is 16.2. The highest BCUT2D eigenvalue weighted by Gasteiger charge is 2.29. The van der Waals surface area contributed by atoms with Crippen molar-refractivity contribution in [3.05, 3.63) is 53.4 Å². The Bertz CT molecular complexity index is 738. The van der Waals surface area contributed by atoms with Crippen molar-refractivity contribution < 1.29 is 17.7 Å². The fourth-order valence-electron chi connectivity index (χ4n) is 1.91. The number of rotatable bonds is 6. The van der Waals surface area contributed by atoms with Gasteiger partial charge in [-0.3, -0.25) is 4.79 Å². The van der Waals surface area contributed by atoms with E-state index in [2.05, 4.69) is 10.5 Å². The topological polar surface area (TPSA) is 89.3 Å². The van der Waals surface area contributed by atoms with Crippen LogP contribution in [0.3, 0.4) is 0 Å². The van der Waals surface area contributed by atoms with Crippen molar-refractivity contribution in [1.29, 1.82) is 0 Å². The van der Waals surface area contributed by atoms with Gasteiger partial charge < -0.3 is 9.84 Å². The number of benzene rings is 1. The molecule has 0 fully saturated rings. The SMILES string of the molecule is Cc1cc(CS(=O)(=O)[C@H](C)C(=O)NCc2ccccc2)no1. The van der Waals surface area contributed by atoms with E-state index < -0.39 is 21.0 Å². The smallest absolute Gasteiger partial charge is 0.238 e. The number of aromatic nitrogens is 1. The van der Waals surface area contributed by atoms with Crippen LogP contribution < -0.4 is 5.32 Å². The molecule has 0 saturated heterocycles. The maximum atomic E-state index is 12.2. The van der Waals surface area contributed by atoms with Crippen LogP contribution in [-0.4, -0.2) is 24.7 Å². The Balaban J connectivity index is 1.96. The molecule has 7 heteroatoms. The molecule has 2 rings (SSSR count). The number of nitrogens with one attached hydrogen (secondary N) is 1. The van der Waals surface area contributed by atoms with Crippen molar-refractivity contribution in [3.63, 3.8) is 0 Å². The number of hydrogen-bond donors (Lipinski definition) is 1. The molecule has 1 heterocycles. The fraction of sp³-hybridized carbons (Fsp3) is 0.333. The maximum Gasteiger partial charge on any atom is 0.238 e. The lowest BCUT2D eigenvalue weighted by Crippen LogP contribution is -2.38. The first-order valence-electron chi connectivity index (χ1n) is 6.84. The third-order valence-electron chi connectivity index (χ3n) is 3.24. The molecule has 1 amide bonds. The van der Waals surface area contributed by atoms with E-state index >= 15 is 0 Å². The van der Waals surface area contributed by atoms with Gasteiger partial charge in [0.15, 0.2) is 9.84 Å². The van der Waals surface area contributed by atoms with Crippen LogP contribution in [0.4, 0.5) is 0 Å². The molecule has 0 bridgehead atoms. The summed E-state index contributed by atoms with van der Waals surface area (Å²) in [5, 5.41) is 5.14. The summed E-state index contributed by atoms with van der Waals surface area (Å²) in [5.74, 6) is -0.306. The van der Waals surface area contributed by atoms with Crippen molar-refractivity contribution in [3.8, 4) is 0 Å². The van der Waals surface area contributed by atoms with Crippen LogP contribution in [0.1, 0.15) is 23.9 Å². The van der Waals surface area contributed by atoms with Crippen LogP contribution in [-0.2, 0) is 26.9 Å². The van der Waals surface area contributed by atoms with Crippen LogP contribution in [0.2, 0.25) is 0 Å². The van der Waals surface area contributed by atoms with E-state index in [9.17, 15) is 13.2 Å². The minimum absolute atomic E-state index is 0.294. The number of amides is 1. The van der Waals surface area contributed by atoms with Gasteiger partial charge in [-0.15, -0.1) is 0 Å². The summed E-state index contributed by atoms with van der Waals surface area (Å²) in [6.07, 6.45) is 0. The van der Waals surface area contributed by atoms with Crippen molar-refractivity contribution in [1.82, 2.24) is 10.5 Å². The number of carbonyl (C=O) groups excluding carboxylic acids is 1. The van der Waals surface area contributed by atoms with Crippen LogP contribution >= 0.6 is 0 Å². The van der Waals surface area contributed by atoms with Crippen molar-refractivity contribution in [2.75, 3.05) is 0 Å². The summed E-state index contributed by atoms with van der Waals surface area (Å²) < 4.78 is 29.3. The molecule has 1 aromatic carbocycles. The Morgan fingerprint density at radius 2 is 2.00 bits per heavy atom. The van der Waals surface area contributed by atoms with Gasteiger partial charge in [-0.2, -0.15) is 0 Å². The molecule has 22 heavy (non-hydrogen) atoms. The summed E-state index contributed by atoms with van der Waals surface area (Å²) in [6, 6.07) is 10.9. The van der Waals surface area contributed by atoms with Gasteiger partial charge in [-0.1, -0.05) is 35.5 Å². The number of carbonyl (C=O) groups is 1. The van der Waals surface area contributed by atoms with Gasteiger partial charge in [-0.25, -0.2) is 8.42 Å². The number of sulfone groups is 1. The molecule has 0 unspecified atom stereocenters. The van der Waals surface area contributed by atoms with Crippen molar-refractivity contribution in [2.45, 2.75) is 31.4 Å². The van der Waals surface area contributed by atoms with E-state index in [1.165, 1.54) is 6.92 Å². The molecule has 6 nitrogen and oxygen atoms in total. The summed E-state index contributed by atoms with van der Waals surface area (Å²) >= 11 is 0. The van der Waals surface area contributed by atoms with Gasteiger partial charge in [0.25, 0.3) is 0 Å². The zero-order valence-electron chi connectivity index (χ0n) is 12.4. The Hall–Kier alpha value is -2.15. The minimum Gasteiger partial charge on any atom is -0.361 e. The first-order chi connectivity index (χ1) is 10.4. The van der Waals surface area contributed by atoms with E-state index in [-0.39, 0.29) is 5.75 Å². The molecule has 1 aromatic heterocycles. The number of hydrogen-bond acceptors (Lipinski definition) is 5. The molecular weight excluding hydrogens is 304 g/mol. The predicted octanol–water partition coefficient (Wildman–Crippen LogP) is 1.60. The molecule has 1 atom stereocenters. The van der Waals surface area contributed by atoms with Crippen LogP contribution in [0.15, 0.2) is 40.9 Å². The lowest BCUT2D eigenvalue weighted by atomic mass is 10.2. The largest absolute Gasteiger partial charge is 0.361 e. The predicted molar refractivity (Wildman–Crippen MR) is 81.6 cm³/mol. The van der Waals surface area contributed by atoms with Gasteiger partial charge in [0.1, 0.15) is 11.0 Å². The normalized spacial score (nSPS) is 12.8. The minimum atomic E-state index is -3.64. The first-order valence-corrected chi connectivity index (χ1v) is 8.55. The molecule has 118 valence electrons. The fourth-order valence-corrected chi connectivity index (χ4v) is 3.12. The average Bonchev–Trinajstić information content (AvgIpc) is 2.89. The Kier molecular flexibility index (Phi) is 4.97. The van der Waals surface area contributed by atoms with Gasteiger partial charge in [0.05, 0.1) is 11.4 Å².